The number of hydrogen-bond donors (Lipinski definition) is 2. The van der Waals surface area contributed by atoms with E-state index in [2.05, 4.69) is 27.8 Å². The van der Waals surface area contributed by atoms with Crippen molar-refractivity contribution >= 4 is 11.7 Å². The highest BCUT2D eigenvalue weighted by atomic mass is 16.2. The number of nitrogens with zero attached hydrogens (tertiary/aromatic N) is 2. The number of anilines is 1. The Labute approximate surface area is 141 Å². The molecule has 5 nitrogen and oxygen atoms in total. The number of urea groups is 1. The van der Waals surface area contributed by atoms with Crippen LogP contribution in [0.4, 0.5) is 10.5 Å². The van der Waals surface area contributed by atoms with Crippen LogP contribution in [0.5, 0.6) is 0 Å². The predicted octanol–water partition coefficient (Wildman–Crippen LogP) is 3.56. The molecule has 0 aliphatic rings. The van der Waals surface area contributed by atoms with Crippen LogP contribution in [-0.2, 0) is 13.1 Å². The van der Waals surface area contributed by atoms with Crippen molar-refractivity contribution in [2.45, 2.75) is 20.0 Å². The van der Waals surface area contributed by atoms with Crippen LogP contribution in [0.25, 0.3) is 0 Å². The van der Waals surface area contributed by atoms with Crippen LogP contribution < -0.4 is 10.6 Å². The number of hydrogen-bond acceptors (Lipinski definition) is 2. The summed E-state index contributed by atoms with van der Waals surface area (Å²) in [6.45, 7) is 3.28. The average Bonchev–Trinajstić information content (AvgIpc) is 3.07. The number of benzene rings is 2. The fourth-order valence-corrected chi connectivity index (χ4v) is 2.43. The number of aryl methyl sites for hydroxylation is 1. The number of nitrogens with one attached hydrogen (secondary N) is 2. The highest BCUT2D eigenvalue weighted by Gasteiger charge is 2.02. The van der Waals surface area contributed by atoms with Crippen LogP contribution in [0, 0.1) is 6.92 Å². The van der Waals surface area contributed by atoms with Crippen LogP contribution >= 0.6 is 0 Å². The van der Waals surface area contributed by atoms with Crippen LogP contribution in [0.1, 0.15) is 16.7 Å². The first-order valence-corrected chi connectivity index (χ1v) is 7.84. The Hall–Kier alpha value is -3.08. The highest BCUT2D eigenvalue weighted by molar-refractivity contribution is 5.89. The van der Waals surface area contributed by atoms with Crippen LogP contribution in [-0.4, -0.2) is 15.6 Å². The van der Waals surface area contributed by atoms with Crippen molar-refractivity contribution in [2.75, 3.05) is 5.32 Å². The Kier molecular flexibility index (Phi) is 4.91. The number of amides is 2. The zero-order chi connectivity index (χ0) is 16.8. The van der Waals surface area contributed by atoms with Gasteiger partial charge in [0.2, 0.25) is 0 Å². The summed E-state index contributed by atoms with van der Waals surface area (Å²) >= 11 is 0. The van der Waals surface area contributed by atoms with Crippen LogP contribution in [0.3, 0.4) is 0 Å². The Morgan fingerprint density at radius 1 is 1.12 bits per heavy atom. The van der Waals surface area contributed by atoms with Gasteiger partial charge in [0.15, 0.2) is 0 Å². The molecule has 0 aliphatic heterocycles. The zero-order valence-corrected chi connectivity index (χ0v) is 13.6. The van der Waals surface area contributed by atoms with Gasteiger partial charge in [0.1, 0.15) is 0 Å². The first kappa shape index (κ1) is 15.8. The minimum absolute atomic E-state index is 0.205. The van der Waals surface area contributed by atoms with Crippen LogP contribution in [0.2, 0.25) is 0 Å². The molecule has 3 rings (SSSR count). The quantitative estimate of drug-likeness (QED) is 0.755. The molecule has 0 aliphatic carbocycles. The summed E-state index contributed by atoms with van der Waals surface area (Å²) in [5.74, 6) is 0. The summed E-state index contributed by atoms with van der Waals surface area (Å²) in [4.78, 5) is 16.0. The third-order valence-corrected chi connectivity index (χ3v) is 3.68. The van der Waals surface area contributed by atoms with E-state index in [-0.39, 0.29) is 6.03 Å². The molecule has 122 valence electrons. The molecule has 0 saturated heterocycles. The Morgan fingerprint density at radius 2 is 1.92 bits per heavy atom. The Balaban J connectivity index is 1.50. The smallest absolute Gasteiger partial charge is 0.319 e. The molecule has 3 aromatic rings. The fourth-order valence-electron chi connectivity index (χ4n) is 2.43. The normalized spacial score (nSPS) is 10.4. The molecule has 0 bridgehead atoms. The van der Waals surface area contributed by atoms with Gasteiger partial charge < -0.3 is 15.2 Å². The van der Waals surface area contributed by atoms with Crippen LogP contribution in [0.15, 0.2) is 67.3 Å². The first-order chi connectivity index (χ1) is 11.7. The van der Waals surface area contributed by atoms with E-state index in [0.29, 0.717) is 6.54 Å². The van der Waals surface area contributed by atoms with Crippen molar-refractivity contribution in [3.63, 3.8) is 0 Å². The van der Waals surface area contributed by atoms with E-state index < -0.39 is 0 Å². The molecule has 2 N–H and O–H groups in total. The molecule has 1 heterocycles. The molecule has 2 aromatic carbocycles. The van der Waals surface area contributed by atoms with Gasteiger partial charge in [-0.1, -0.05) is 36.4 Å². The number of imidazole rings is 1. The second-order valence-electron chi connectivity index (χ2n) is 5.73. The molecule has 0 atom stereocenters. The van der Waals surface area contributed by atoms with Gasteiger partial charge in [-0.3, -0.25) is 0 Å². The number of carbonyl (C=O) groups excluding carboxylic acids is 1. The van der Waals surface area contributed by atoms with Crippen molar-refractivity contribution in [1.82, 2.24) is 14.9 Å². The molecule has 0 radical (unpaired) electrons. The second-order valence-corrected chi connectivity index (χ2v) is 5.73. The van der Waals surface area contributed by atoms with Gasteiger partial charge in [-0.05, 0) is 35.7 Å². The number of aromatic nitrogens is 2. The zero-order valence-electron chi connectivity index (χ0n) is 13.6. The fraction of sp³-hybridized carbons (Fsp3) is 0.158. The monoisotopic (exact) mass is 320 g/mol. The first-order valence-electron chi connectivity index (χ1n) is 7.84. The van der Waals surface area contributed by atoms with E-state index >= 15 is 0 Å². The lowest BCUT2D eigenvalue weighted by molar-refractivity contribution is 0.251. The molecule has 0 unspecified atom stereocenters. The van der Waals surface area contributed by atoms with Gasteiger partial charge in [-0.15, -0.1) is 0 Å². The van der Waals surface area contributed by atoms with Crippen molar-refractivity contribution in [3.8, 4) is 0 Å². The van der Waals surface area contributed by atoms with Crippen molar-refractivity contribution in [1.29, 1.82) is 0 Å². The standard InChI is InChI=1S/C19H20N4O/c1-15-3-2-4-18(11-15)22-19(24)21-12-16-5-7-17(8-6-16)13-23-10-9-20-14-23/h2-11,14H,12-13H2,1H3,(H2,21,22,24). The van der Waals surface area contributed by atoms with E-state index in [0.717, 1.165) is 23.4 Å². The Bertz CT molecular complexity index is 794. The second kappa shape index (κ2) is 7.46. The van der Waals surface area contributed by atoms with E-state index in [9.17, 15) is 4.79 Å². The van der Waals surface area contributed by atoms with Gasteiger partial charge >= 0.3 is 6.03 Å². The molecule has 0 spiro atoms. The van der Waals surface area contributed by atoms with E-state index in [4.69, 9.17) is 0 Å². The van der Waals surface area contributed by atoms with Gasteiger partial charge in [0, 0.05) is 31.2 Å². The molecular weight excluding hydrogens is 300 g/mol. The lowest BCUT2D eigenvalue weighted by Gasteiger charge is -2.09. The molecule has 24 heavy (non-hydrogen) atoms. The largest absolute Gasteiger partial charge is 0.334 e. The summed E-state index contributed by atoms with van der Waals surface area (Å²) in [5, 5.41) is 5.70. The van der Waals surface area contributed by atoms with Gasteiger partial charge in [-0.2, -0.15) is 0 Å². The van der Waals surface area contributed by atoms with Gasteiger partial charge in [0.05, 0.1) is 6.33 Å². The topological polar surface area (TPSA) is 59.0 Å². The maximum absolute atomic E-state index is 11.9. The lowest BCUT2D eigenvalue weighted by Crippen LogP contribution is -2.28. The van der Waals surface area contributed by atoms with Gasteiger partial charge in [0.25, 0.3) is 0 Å². The molecule has 0 fully saturated rings. The molecule has 1 aromatic heterocycles. The molecule has 5 heteroatoms. The summed E-state index contributed by atoms with van der Waals surface area (Å²) in [6, 6.07) is 15.7. The third-order valence-electron chi connectivity index (χ3n) is 3.68. The SMILES string of the molecule is Cc1cccc(NC(=O)NCc2ccc(Cn3ccnc3)cc2)c1. The van der Waals surface area contributed by atoms with Crippen molar-refractivity contribution in [2.24, 2.45) is 0 Å². The van der Waals surface area contributed by atoms with E-state index in [1.54, 1.807) is 12.5 Å². The van der Waals surface area contributed by atoms with Crippen molar-refractivity contribution < 1.29 is 4.79 Å². The van der Waals surface area contributed by atoms with E-state index in [1.807, 2.05) is 54.1 Å². The molecule has 2 amide bonds. The predicted molar refractivity (Wildman–Crippen MR) is 94.8 cm³/mol. The molecule has 0 saturated carbocycles. The third kappa shape index (κ3) is 4.46. The summed E-state index contributed by atoms with van der Waals surface area (Å²) in [5.41, 5.74) is 4.16. The van der Waals surface area contributed by atoms with Crippen molar-refractivity contribution in [3.05, 3.63) is 83.9 Å². The minimum Gasteiger partial charge on any atom is -0.334 e. The van der Waals surface area contributed by atoms with E-state index in [1.165, 1.54) is 5.56 Å². The number of carbonyl (C=O) groups is 1. The lowest BCUT2D eigenvalue weighted by atomic mass is 10.1. The molecular formula is C19H20N4O. The summed E-state index contributed by atoms with van der Waals surface area (Å²) in [7, 11) is 0. The maximum atomic E-state index is 11.9. The Morgan fingerprint density at radius 3 is 2.62 bits per heavy atom. The maximum Gasteiger partial charge on any atom is 0.319 e. The number of rotatable bonds is 5. The van der Waals surface area contributed by atoms with Gasteiger partial charge in [-0.25, -0.2) is 9.78 Å². The highest BCUT2D eigenvalue weighted by Crippen LogP contribution is 2.10. The summed E-state index contributed by atoms with van der Waals surface area (Å²) < 4.78 is 2.02. The minimum atomic E-state index is -0.205. The average molecular weight is 320 g/mol. The summed E-state index contributed by atoms with van der Waals surface area (Å²) in [6.07, 6.45) is 5.50.